The maximum atomic E-state index is 11.1. The molecular weight excluding hydrogens is 162 g/mol. The molecule has 1 N–H and O–H groups in total. The predicted octanol–water partition coefficient (Wildman–Crippen LogP) is 2.38. The van der Waals surface area contributed by atoms with E-state index < -0.39 is 0 Å². The van der Waals surface area contributed by atoms with Gasteiger partial charge in [0.25, 0.3) is 0 Å². The third-order valence-corrected chi connectivity index (χ3v) is 2.06. The highest BCUT2D eigenvalue weighted by Crippen LogP contribution is 2.20. The Kier molecular flexibility index (Phi) is 3.29. The number of rotatable bonds is 1. The second-order valence-corrected chi connectivity index (χ2v) is 3.69. The average Bonchev–Trinajstić information content (AvgIpc) is 2.07. The van der Waals surface area contributed by atoms with E-state index in [0.717, 1.165) is 12.1 Å². The summed E-state index contributed by atoms with van der Waals surface area (Å²) in [5, 5.41) is 2.88. The molecule has 1 fully saturated rings. The highest BCUT2D eigenvalue weighted by Gasteiger charge is 2.16. The normalized spacial score (nSPS) is 24.2. The maximum absolute atomic E-state index is 11.1. The van der Waals surface area contributed by atoms with Crippen LogP contribution in [0, 0.1) is 5.92 Å². The van der Waals surface area contributed by atoms with Crippen LogP contribution in [0.2, 0.25) is 0 Å². The molecule has 1 saturated heterocycles. The zero-order valence-corrected chi connectivity index (χ0v) is 8.55. The Hall–Kier alpha value is -1.05. The number of amides is 1. The van der Waals surface area contributed by atoms with Crippen LogP contribution in [0.1, 0.15) is 33.6 Å². The second-order valence-electron chi connectivity index (χ2n) is 3.69. The van der Waals surface area contributed by atoms with Crippen LogP contribution in [0.5, 0.6) is 0 Å². The summed E-state index contributed by atoms with van der Waals surface area (Å²) in [5.41, 5.74) is 2.27. The van der Waals surface area contributed by atoms with Crippen molar-refractivity contribution < 1.29 is 4.79 Å². The third-order valence-electron chi connectivity index (χ3n) is 2.06. The second kappa shape index (κ2) is 4.26. The van der Waals surface area contributed by atoms with Crippen LogP contribution in [0.4, 0.5) is 0 Å². The molecule has 0 aliphatic carbocycles. The summed E-state index contributed by atoms with van der Waals surface area (Å²) in [5.74, 6) is 0.675. The number of nitrogens with one attached hydrogen (secondary N) is 1. The van der Waals surface area contributed by atoms with Gasteiger partial charge in [0.1, 0.15) is 0 Å². The fourth-order valence-corrected chi connectivity index (χ4v) is 1.51. The minimum Gasteiger partial charge on any atom is -0.326 e. The van der Waals surface area contributed by atoms with Crippen LogP contribution in [-0.2, 0) is 4.79 Å². The van der Waals surface area contributed by atoms with Gasteiger partial charge in [-0.15, -0.1) is 0 Å². The van der Waals surface area contributed by atoms with E-state index in [0.29, 0.717) is 12.3 Å². The summed E-state index contributed by atoms with van der Waals surface area (Å²) in [4.78, 5) is 11.1. The van der Waals surface area contributed by atoms with Crippen molar-refractivity contribution in [3.8, 4) is 0 Å². The van der Waals surface area contributed by atoms with Crippen molar-refractivity contribution in [3.63, 3.8) is 0 Å². The van der Waals surface area contributed by atoms with Gasteiger partial charge in [0.15, 0.2) is 0 Å². The van der Waals surface area contributed by atoms with Crippen molar-refractivity contribution >= 4 is 5.91 Å². The first-order chi connectivity index (χ1) is 6.13. The molecule has 1 aliphatic rings. The number of carbonyl (C=O) groups excluding carboxylic acids is 1. The van der Waals surface area contributed by atoms with E-state index in [1.807, 2.05) is 13.0 Å². The highest BCUT2D eigenvalue weighted by atomic mass is 16.1. The largest absolute Gasteiger partial charge is 0.326 e. The molecular formula is C11H17NO. The fourth-order valence-electron chi connectivity index (χ4n) is 1.51. The molecule has 1 amide bonds. The van der Waals surface area contributed by atoms with E-state index >= 15 is 0 Å². The maximum Gasteiger partial charge on any atom is 0.224 e. The third kappa shape index (κ3) is 2.72. The van der Waals surface area contributed by atoms with Gasteiger partial charge in [0, 0.05) is 12.1 Å². The van der Waals surface area contributed by atoms with Crippen molar-refractivity contribution in [2.24, 2.45) is 5.92 Å². The van der Waals surface area contributed by atoms with E-state index in [-0.39, 0.29) is 5.91 Å². The zero-order chi connectivity index (χ0) is 9.84. The van der Waals surface area contributed by atoms with Crippen molar-refractivity contribution in [2.75, 3.05) is 0 Å². The smallest absolute Gasteiger partial charge is 0.224 e. The van der Waals surface area contributed by atoms with Crippen LogP contribution < -0.4 is 5.32 Å². The summed E-state index contributed by atoms with van der Waals surface area (Å²) in [6.07, 6.45) is 5.68. The molecule has 0 aromatic rings. The van der Waals surface area contributed by atoms with Gasteiger partial charge in [-0.25, -0.2) is 0 Å². The highest BCUT2D eigenvalue weighted by molar-refractivity contribution is 5.81. The van der Waals surface area contributed by atoms with E-state index in [9.17, 15) is 4.79 Å². The molecule has 2 heteroatoms. The summed E-state index contributed by atoms with van der Waals surface area (Å²) in [6.45, 7) is 6.25. The SMILES string of the molecule is C/C=C1/NC(=O)CC/C1=C/C(C)C. The van der Waals surface area contributed by atoms with Crippen LogP contribution >= 0.6 is 0 Å². The fraction of sp³-hybridized carbons (Fsp3) is 0.545. The Bertz CT molecular complexity index is 261. The van der Waals surface area contributed by atoms with Gasteiger partial charge < -0.3 is 5.32 Å². The van der Waals surface area contributed by atoms with Gasteiger partial charge in [-0.05, 0) is 24.8 Å². The van der Waals surface area contributed by atoms with Gasteiger partial charge in [-0.3, -0.25) is 4.79 Å². The van der Waals surface area contributed by atoms with E-state index in [4.69, 9.17) is 0 Å². The number of hydrogen-bond donors (Lipinski definition) is 1. The molecule has 13 heavy (non-hydrogen) atoms. The number of piperidine rings is 1. The quantitative estimate of drug-likeness (QED) is 0.658. The van der Waals surface area contributed by atoms with Crippen LogP contribution in [-0.4, -0.2) is 5.91 Å². The first-order valence-corrected chi connectivity index (χ1v) is 4.80. The standard InChI is InChI=1S/C11H17NO/c1-4-10-9(7-8(2)3)5-6-11(13)12-10/h4,7-8H,5-6H2,1-3H3,(H,12,13)/b9-7-,10-4+. The predicted molar refractivity (Wildman–Crippen MR) is 54.1 cm³/mol. The lowest BCUT2D eigenvalue weighted by atomic mass is 9.98. The zero-order valence-electron chi connectivity index (χ0n) is 8.55. The molecule has 0 aromatic carbocycles. The summed E-state index contributed by atoms with van der Waals surface area (Å²) in [6, 6.07) is 0. The number of hydrogen-bond acceptors (Lipinski definition) is 1. The molecule has 1 heterocycles. The Morgan fingerprint density at radius 1 is 1.38 bits per heavy atom. The molecule has 72 valence electrons. The topological polar surface area (TPSA) is 29.1 Å². The molecule has 0 unspecified atom stereocenters. The van der Waals surface area contributed by atoms with Crippen molar-refractivity contribution in [2.45, 2.75) is 33.6 Å². The van der Waals surface area contributed by atoms with E-state index in [1.54, 1.807) is 0 Å². The van der Waals surface area contributed by atoms with Gasteiger partial charge in [0.2, 0.25) is 5.91 Å². The Labute approximate surface area is 79.7 Å². The molecule has 2 nitrogen and oxygen atoms in total. The Balaban J connectivity index is 2.80. The van der Waals surface area contributed by atoms with Gasteiger partial charge in [-0.2, -0.15) is 0 Å². The van der Waals surface area contributed by atoms with E-state index in [1.165, 1.54) is 5.57 Å². The Morgan fingerprint density at radius 3 is 2.62 bits per heavy atom. The van der Waals surface area contributed by atoms with Gasteiger partial charge in [0.05, 0.1) is 0 Å². The Morgan fingerprint density at radius 2 is 2.08 bits per heavy atom. The summed E-state index contributed by atoms with van der Waals surface area (Å²) >= 11 is 0. The van der Waals surface area contributed by atoms with E-state index in [2.05, 4.69) is 25.2 Å². The monoisotopic (exact) mass is 179 g/mol. The van der Waals surface area contributed by atoms with Crippen LogP contribution in [0.25, 0.3) is 0 Å². The number of carbonyl (C=O) groups is 1. The molecule has 1 rings (SSSR count). The average molecular weight is 179 g/mol. The molecule has 0 bridgehead atoms. The lowest BCUT2D eigenvalue weighted by Gasteiger charge is -2.19. The molecule has 1 aliphatic heterocycles. The lowest BCUT2D eigenvalue weighted by molar-refractivity contribution is -0.120. The first-order valence-electron chi connectivity index (χ1n) is 4.80. The van der Waals surface area contributed by atoms with Crippen molar-refractivity contribution in [3.05, 3.63) is 23.4 Å². The molecule has 0 atom stereocenters. The van der Waals surface area contributed by atoms with Gasteiger partial charge >= 0.3 is 0 Å². The van der Waals surface area contributed by atoms with Gasteiger partial charge in [-0.1, -0.05) is 26.0 Å². The molecule has 0 aromatic heterocycles. The lowest BCUT2D eigenvalue weighted by Crippen LogP contribution is -2.28. The van der Waals surface area contributed by atoms with Crippen LogP contribution in [0.15, 0.2) is 23.4 Å². The first kappa shape index (κ1) is 10.0. The minimum absolute atomic E-state index is 0.133. The van der Waals surface area contributed by atoms with Crippen molar-refractivity contribution in [1.29, 1.82) is 0 Å². The molecule has 0 saturated carbocycles. The molecule has 0 radical (unpaired) electrons. The summed E-state index contributed by atoms with van der Waals surface area (Å²) < 4.78 is 0. The molecule has 0 spiro atoms. The number of allylic oxidation sites excluding steroid dienone is 3. The summed E-state index contributed by atoms with van der Waals surface area (Å²) in [7, 11) is 0. The minimum atomic E-state index is 0.133. The van der Waals surface area contributed by atoms with Crippen LogP contribution in [0.3, 0.4) is 0 Å². The van der Waals surface area contributed by atoms with Crippen molar-refractivity contribution in [1.82, 2.24) is 5.32 Å².